The van der Waals surface area contributed by atoms with Crippen LogP contribution in [-0.2, 0) is 37.5 Å². The zero-order chi connectivity index (χ0) is 39.5. The van der Waals surface area contributed by atoms with Crippen LogP contribution in [-0.4, -0.2) is 75.8 Å². The Hall–Kier alpha value is -2.62. The monoisotopic (exact) mass is 765 g/mol. The van der Waals surface area contributed by atoms with Crippen LogP contribution < -0.4 is 4.89 Å². The highest BCUT2D eigenvalue weighted by Gasteiger charge is 2.21. The third-order valence-corrected chi connectivity index (χ3v) is 8.95. The molecule has 0 bridgehead atoms. The maximum absolute atomic E-state index is 12.6. The molecule has 0 heterocycles. The van der Waals surface area contributed by atoms with Crippen LogP contribution >= 0.6 is 7.82 Å². The number of carbonyl (C=O) groups excluding carboxylic acids is 3. The van der Waals surface area contributed by atoms with Crippen molar-refractivity contribution in [2.24, 2.45) is 0 Å². The molecule has 2 atom stereocenters. The molecule has 0 aliphatic rings. The summed E-state index contributed by atoms with van der Waals surface area (Å²) >= 11 is 0. The second-order valence-corrected chi connectivity index (χ2v) is 15.7. The van der Waals surface area contributed by atoms with E-state index in [1.807, 2.05) is 45.4 Å². The van der Waals surface area contributed by atoms with Gasteiger partial charge >= 0.3 is 11.9 Å². The summed E-state index contributed by atoms with van der Waals surface area (Å²) in [5.41, 5.74) is 0. The van der Waals surface area contributed by atoms with Gasteiger partial charge in [-0.2, -0.15) is 0 Å². The highest BCUT2D eigenvalue weighted by atomic mass is 31.2. The van der Waals surface area contributed by atoms with Gasteiger partial charge in [0.1, 0.15) is 19.8 Å². The summed E-state index contributed by atoms with van der Waals surface area (Å²) in [6.45, 7) is 3.89. The zero-order valence-corrected chi connectivity index (χ0v) is 34.6. The van der Waals surface area contributed by atoms with E-state index in [2.05, 4.69) is 38.2 Å². The molecule has 0 aromatic rings. The number of ketones is 1. The summed E-state index contributed by atoms with van der Waals surface area (Å²) in [5.74, 6) is -0.789. The average molecular weight is 766 g/mol. The molecule has 0 fully saturated rings. The molecule has 0 radical (unpaired) electrons. The van der Waals surface area contributed by atoms with E-state index in [4.69, 9.17) is 18.5 Å². The summed E-state index contributed by atoms with van der Waals surface area (Å²) in [6, 6.07) is 0. The molecule has 0 spiro atoms. The van der Waals surface area contributed by atoms with Gasteiger partial charge in [-0.05, 0) is 63.9 Å². The first kappa shape index (κ1) is 50.4. The molecule has 0 aromatic heterocycles. The number of ether oxygens (including phenoxy) is 2. The van der Waals surface area contributed by atoms with Gasteiger partial charge in [0.05, 0.1) is 27.7 Å². The molecule has 0 aromatic carbocycles. The fraction of sp³-hybridized carbons (Fsp3) is 0.690. The normalized spacial score (nSPS) is 14.2. The number of likely N-dealkylation sites (N-methyl/N-ethyl adjacent to an activating group) is 1. The quantitative estimate of drug-likeness (QED) is 0.0118. The van der Waals surface area contributed by atoms with Gasteiger partial charge in [0.15, 0.2) is 11.9 Å². The number of phosphoric ester groups is 1. The van der Waals surface area contributed by atoms with Crippen LogP contribution in [0, 0.1) is 0 Å². The van der Waals surface area contributed by atoms with Crippen LogP contribution in [0.1, 0.15) is 136 Å². The number of esters is 2. The molecule has 0 saturated carbocycles. The number of hydrogen-bond acceptors (Lipinski definition) is 9. The van der Waals surface area contributed by atoms with E-state index in [1.165, 1.54) is 12.8 Å². The van der Waals surface area contributed by atoms with Crippen LogP contribution in [0.15, 0.2) is 60.8 Å². The van der Waals surface area contributed by atoms with Gasteiger partial charge in [0, 0.05) is 19.3 Å². The minimum Gasteiger partial charge on any atom is -0.756 e. The van der Waals surface area contributed by atoms with E-state index in [1.54, 1.807) is 12.2 Å². The molecule has 11 heteroatoms. The lowest BCUT2D eigenvalue weighted by molar-refractivity contribution is -0.870. The van der Waals surface area contributed by atoms with Crippen molar-refractivity contribution < 1.29 is 46.8 Å². The minimum atomic E-state index is -4.65. The Bertz CT molecular complexity index is 1150. The maximum Gasteiger partial charge on any atom is 0.306 e. The Labute approximate surface area is 322 Å². The predicted octanol–water partition coefficient (Wildman–Crippen LogP) is 9.45. The van der Waals surface area contributed by atoms with E-state index >= 15 is 0 Å². The number of carbonyl (C=O) groups is 3. The van der Waals surface area contributed by atoms with E-state index in [0.29, 0.717) is 36.7 Å². The summed E-state index contributed by atoms with van der Waals surface area (Å²) in [6.07, 6.45) is 35.3. The fourth-order valence-electron chi connectivity index (χ4n) is 4.76. The first-order valence-corrected chi connectivity index (χ1v) is 21.4. The number of hydrogen-bond donors (Lipinski definition) is 0. The van der Waals surface area contributed by atoms with Crippen molar-refractivity contribution in [2.45, 2.75) is 142 Å². The van der Waals surface area contributed by atoms with E-state index in [9.17, 15) is 23.8 Å². The van der Waals surface area contributed by atoms with Gasteiger partial charge in [0.25, 0.3) is 7.82 Å². The Morgan fingerprint density at radius 3 is 1.94 bits per heavy atom. The largest absolute Gasteiger partial charge is 0.756 e. The smallest absolute Gasteiger partial charge is 0.306 e. The Kier molecular flexibility index (Phi) is 32.2. The average Bonchev–Trinajstić information content (AvgIpc) is 3.09. The number of nitrogens with zero attached hydrogens (tertiary/aromatic N) is 1. The molecule has 0 amide bonds. The zero-order valence-electron chi connectivity index (χ0n) is 33.7. The summed E-state index contributed by atoms with van der Waals surface area (Å²) in [4.78, 5) is 49.0. The molecule has 0 N–H and O–H groups in total. The Morgan fingerprint density at radius 2 is 1.23 bits per heavy atom. The fourth-order valence-corrected chi connectivity index (χ4v) is 5.49. The second kappa shape index (κ2) is 33.9. The SMILES string of the molecule is CCCC/C=C\CCCCCCCC(=O)OC[C@H](COP(=O)([O-])OCC[N+](C)(C)C)OC(=O)CCC/C=C\C/C=C\C/C=C\C=C\C(=O)CCCCC. The molecular formula is C42H72NO9P. The number of phosphoric acid groups is 1. The van der Waals surface area contributed by atoms with Gasteiger partial charge in [-0.1, -0.05) is 113 Å². The lowest BCUT2D eigenvalue weighted by Gasteiger charge is -2.28. The molecule has 0 aliphatic heterocycles. The van der Waals surface area contributed by atoms with Gasteiger partial charge in [-0.25, -0.2) is 0 Å². The molecule has 53 heavy (non-hydrogen) atoms. The van der Waals surface area contributed by atoms with Gasteiger partial charge in [-0.3, -0.25) is 18.9 Å². The standard InChI is InChI=1S/C42H72NO9P/c1-6-8-10-11-12-13-15-19-22-25-29-33-41(45)49-37-40(38-51-53(47,48)50-36-35-43(3,4)5)52-42(46)34-30-26-23-20-17-14-16-18-21-24-28-32-39(44)31-27-9-7-2/h11-12,14,16,20-21,23-24,28,32,40H,6-10,13,15,17-19,22,25-27,29-31,33-38H2,1-5H3/b12-11-,16-14-,23-20-,24-21-,32-28+/t40-/m1/s1. The Morgan fingerprint density at radius 1 is 0.642 bits per heavy atom. The van der Waals surface area contributed by atoms with E-state index < -0.39 is 32.5 Å². The van der Waals surface area contributed by atoms with Gasteiger partial charge in [0.2, 0.25) is 0 Å². The second-order valence-electron chi connectivity index (χ2n) is 14.3. The number of rotatable bonds is 35. The first-order chi connectivity index (χ1) is 25.4. The summed E-state index contributed by atoms with van der Waals surface area (Å²) in [7, 11) is 1.08. The van der Waals surface area contributed by atoms with Crippen molar-refractivity contribution in [3.63, 3.8) is 0 Å². The molecular weight excluding hydrogens is 693 g/mol. The third-order valence-electron chi connectivity index (χ3n) is 7.99. The minimum absolute atomic E-state index is 0.0557. The van der Waals surface area contributed by atoms with Crippen LogP contribution in [0.2, 0.25) is 0 Å². The summed E-state index contributed by atoms with van der Waals surface area (Å²) < 4.78 is 33.6. The van der Waals surface area contributed by atoms with Gasteiger partial charge < -0.3 is 27.9 Å². The number of quaternary nitrogens is 1. The highest BCUT2D eigenvalue weighted by molar-refractivity contribution is 7.45. The van der Waals surface area contributed by atoms with Crippen LogP contribution in [0.3, 0.4) is 0 Å². The molecule has 1 unspecified atom stereocenters. The Balaban J connectivity index is 4.59. The highest BCUT2D eigenvalue weighted by Crippen LogP contribution is 2.38. The summed E-state index contributed by atoms with van der Waals surface area (Å²) in [5, 5.41) is 0. The van der Waals surface area contributed by atoms with Crippen molar-refractivity contribution in [3.8, 4) is 0 Å². The lowest BCUT2D eigenvalue weighted by atomic mass is 10.1. The third kappa shape index (κ3) is 37.5. The van der Waals surface area contributed by atoms with Crippen molar-refractivity contribution in [1.29, 1.82) is 0 Å². The molecule has 0 rings (SSSR count). The molecule has 0 saturated heterocycles. The van der Waals surface area contributed by atoms with E-state index in [-0.39, 0.29) is 31.8 Å². The van der Waals surface area contributed by atoms with Crippen molar-refractivity contribution in [2.75, 3.05) is 47.5 Å². The molecule has 0 aliphatic carbocycles. The topological polar surface area (TPSA) is 128 Å². The maximum atomic E-state index is 12.6. The first-order valence-electron chi connectivity index (χ1n) is 19.9. The predicted molar refractivity (Wildman–Crippen MR) is 213 cm³/mol. The van der Waals surface area contributed by atoms with Crippen molar-refractivity contribution in [1.82, 2.24) is 0 Å². The van der Waals surface area contributed by atoms with Crippen molar-refractivity contribution >= 4 is 25.5 Å². The lowest BCUT2D eigenvalue weighted by Crippen LogP contribution is -2.37. The number of unbranched alkanes of at least 4 members (excludes halogenated alkanes) is 10. The number of allylic oxidation sites excluding steroid dienone is 10. The molecule has 304 valence electrons. The van der Waals surface area contributed by atoms with Crippen LogP contribution in [0.5, 0.6) is 0 Å². The van der Waals surface area contributed by atoms with Crippen LogP contribution in [0.4, 0.5) is 0 Å². The van der Waals surface area contributed by atoms with Gasteiger partial charge in [-0.15, -0.1) is 0 Å². The van der Waals surface area contributed by atoms with E-state index in [0.717, 1.165) is 70.6 Å². The van der Waals surface area contributed by atoms with Crippen LogP contribution in [0.25, 0.3) is 0 Å². The van der Waals surface area contributed by atoms with Crippen molar-refractivity contribution in [3.05, 3.63) is 60.8 Å². The molecule has 10 nitrogen and oxygen atoms in total.